The van der Waals surface area contributed by atoms with Gasteiger partial charge in [-0.15, -0.1) is 0 Å². The molecule has 1 aliphatic heterocycles. The lowest BCUT2D eigenvalue weighted by Crippen LogP contribution is -2.43. The van der Waals surface area contributed by atoms with Crippen molar-refractivity contribution in [1.29, 1.82) is 0 Å². The molecule has 1 aliphatic carbocycles. The van der Waals surface area contributed by atoms with Crippen LogP contribution in [0.1, 0.15) is 32.6 Å². The van der Waals surface area contributed by atoms with Crippen molar-refractivity contribution in [3.05, 3.63) is 0 Å². The molecule has 1 atom stereocenters. The molecule has 4 N–H and O–H groups in total. The Balaban J connectivity index is 1.75. The van der Waals surface area contributed by atoms with Gasteiger partial charge in [0.2, 0.25) is 5.96 Å². The normalized spacial score (nSPS) is 24.5. The third-order valence-corrected chi connectivity index (χ3v) is 3.33. The molecule has 0 aromatic rings. The Hall–Kier alpha value is -0.810. The maximum atomic E-state index is 5.43. The molecule has 0 aromatic heterocycles. The molecule has 16 heavy (non-hydrogen) atoms. The number of aliphatic imine (C=N–C) groups is 1. The molecular weight excluding hydrogens is 202 g/mol. The third-order valence-electron chi connectivity index (χ3n) is 3.33. The number of hydrogen-bond acceptors (Lipinski definition) is 3. The SMILES string of the molecule is CC(CN=C(NN)NC1CC1)N1CCCC1. The van der Waals surface area contributed by atoms with Gasteiger partial charge in [-0.25, -0.2) is 5.84 Å². The van der Waals surface area contributed by atoms with Crippen LogP contribution in [0, 0.1) is 0 Å². The van der Waals surface area contributed by atoms with Crippen molar-refractivity contribution in [3.63, 3.8) is 0 Å². The van der Waals surface area contributed by atoms with E-state index in [4.69, 9.17) is 5.84 Å². The van der Waals surface area contributed by atoms with Gasteiger partial charge in [0.15, 0.2) is 0 Å². The summed E-state index contributed by atoms with van der Waals surface area (Å²) in [5.74, 6) is 6.18. The van der Waals surface area contributed by atoms with Gasteiger partial charge in [0.05, 0.1) is 6.54 Å². The van der Waals surface area contributed by atoms with E-state index in [-0.39, 0.29) is 0 Å². The summed E-state index contributed by atoms with van der Waals surface area (Å²) in [6.45, 7) is 5.50. The van der Waals surface area contributed by atoms with Crippen LogP contribution in [-0.2, 0) is 0 Å². The zero-order valence-corrected chi connectivity index (χ0v) is 10.1. The second-order valence-corrected chi connectivity index (χ2v) is 4.84. The molecule has 2 fully saturated rings. The minimum absolute atomic E-state index is 0.520. The lowest BCUT2D eigenvalue weighted by Gasteiger charge is -2.22. The Bertz CT molecular complexity index is 243. The monoisotopic (exact) mass is 225 g/mol. The first-order valence-corrected chi connectivity index (χ1v) is 6.31. The molecule has 0 aromatic carbocycles. The van der Waals surface area contributed by atoms with Crippen LogP contribution in [0.25, 0.3) is 0 Å². The Kier molecular flexibility index (Phi) is 4.01. The summed E-state index contributed by atoms with van der Waals surface area (Å²) < 4.78 is 0. The Morgan fingerprint density at radius 1 is 1.44 bits per heavy atom. The molecule has 1 unspecified atom stereocenters. The summed E-state index contributed by atoms with van der Waals surface area (Å²) in [5.41, 5.74) is 2.64. The highest BCUT2D eigenvalue weighted by Gasteiger charge is 2.22. The molecule has 5 nitrogen and oxygen atoms in total. The van der Waals surface area contributed by atoms with Gasteiger partial charge < -0.3 is 5.32 Å². The molecule has 0 spiro atoms. The summed E-state index contributed by atoms with van der Waals surface area (Å²) in [7, 11) is 0. The van der Waals surface area contributed by atoms with Crippen LogP contribution >= 0.6 is 0 Å². The first kappa shape index (κ1) is 11.7. The van der Waals surface area contributed by atoms with Crippen molar-refractivity contribution in [2.75, 3.05) is 19.6 Å². The summed E-state index contributed by atoms with van der Waals surface area (Å²) >= 11 is 0. The van der Waals surface area contributed by atoms with Crippen LogP contribution < -0.4 is 16.6 Å². The molecule has 1 heterocycles. The number of guanidine groups is 1. The van der Waals surface area contributed by atoms with Crippen molar-refractivity contribution in [2.45, 2.75) is 44.7 Å². The first-order valence-electron chi connectivity index (χ1n) is 6.31. The minimum atomic E-state index is 0.520. The second kappa shape index (κ2) is 5.50. The molecule has 1 saturated carbocycles. The first-order chi connectivity index (χ1) is 7.79. The Morgan fingerprint density at radius 2 is 2.12 bits per heavy atom. The van der Waals surface area contributed by atoms with Crippen LogP contribution in [0.15, 0.2) is 4.99 Å². The third kappa shape index (κ3) is 3.35. The van der Waals surface area contributed by atoms with E-state index in [1.807, 2.05) is 0 Å². The smallest absolute Gasteiger partial charge is 0.206 e. The van der Waals surface area contributed by atoms with E-state index in [1.165, 1.54) is 38.8 Å². The number of nitrogens with zero attached hydrogens (tertiary/aromatic N) is 2. The van der Waals surface area contributed by atoms with Crippen LogP contribution in [0.3, 0.4) is 0 Å². The fourth-order valence-electron chi connectivity index (χ4n) is 2.08. The lowest BCUT2D eigenvalue weighted by molar-refractivity contribution is 0.265. The van der Waals surface area contributed by atoms with Crippen molar-refractivity contribution in [3.8, 4) is 0 Å². The second-order valence-electron chi connectivity index (χ2n) is 4.84. The van der Waals surface area contributed by atoms with E-state index in [2.05, 4.69) is 27.6 Å². The summed E-state index contributed by atoms with van der Waals surface area (Å²) in [6, 6.07) is 1.11. The standard InChI is InChI=1S/C11H23N5/c1-9(16-6-2-3-7-16)8-13-11(15-12)14-10-4-5-10/h9-10H,2-8,12H2,1H3,(H2,13,14,15). The highest BCUT2D eigenvalue weighted by molar-refractivity contribution is 5.79. The quantitative estimate of drug-likeness (QED) is 0.274. The zero-order valence-electron chi connectivity index (χ0n) is 10.1. The Morgan fingerprint density at radius 3 is 2.69 bits per heavy atom. The van der Waals surface area contributed by atoms with Gasteiger partial charge in [0.25, 0.3) is 0 Å². The Labute approximate surface area is 97.4 Å². The number of rotatable bonds is 4. The van der Waals surface area contributed by atoms with Gasteiger partial charge in [-0.3, -0.25) is 15.3 Å². The van der Waals surface area contributed by atoms with Gasteiger partial charge in [-0.1, -0.05) is 0 Å². The molecule has 0 bridgehead atoms. The maximum absolute atomic E-state index is 5.43. The van der Waals surface area contributed by atoms with Gasteiger partial charge in [0, 0.05) is 12.1 Å². The fraction of sp³-hybridized carbons (Fsp3) is 0.909. The van der Waals surface area contributed by atoms with Crippen LogP contribution in [-0.4, -0.2) is 42.6 Å². The summed E-state index contributed by atoms with van der Waals surface area (Å²) in [5, 5.41) is 3.28. The van der Waals surface area contributed by atoms with Gasteiger partial charge in [0.1, 0.15) is 0 Å². The van der Waals surface area contributed by atoms with Crippen molar-refractivity contribution < 1.29 is 0 Å². The largest absolute Gasteiger partial charge is 0.353 e. The van der Waals surface area contributed by atoms with Crippen molar-refractivity contribution in [2.24, 2.45) is 10.8 Å². The predicted octanol–water partition coefficient (Wildman–Crippen LogP) is 0.0420. The topological polar surface area (TPSA) is 65.7 Å². The van der Waals surface area contributed by atoms with E-state index in [0.717, 1.165) is 12.5 Å². The van der Waals surface area contributed by atoms with E-state index in [0.29, 0.717) is 12.1 Å². The van der Waals surface area contributed by atoms with Gasteiger partial charge in [-0.2, -0.15) is 0 Å². The average Bonchev–Trinajstić information content (AvgIpc) is 2.94. The lowest BCUT2D eigenvalue weighted by atomic mass is 10.3. The van der Waals surface area contributed by atoms with Crippen molar-refractivity contribution >= 4 is 5.96 Å². The highest BCUT2D eigenvalue weighted by atomic mass is 15.3. The molecule has 0 radical (unpaired) electrons. The van der Waals surface area contributed by atoms with Crippen LogP contribution in [0.2, 0.25) is 0 Å². The van der Waals surface area contributed by atoms with E-state index < -0.39 is 0 Å². The number of nitrogens with two attached hydrogens (primary N) is 1. The molecular formula is C11H23N5. The molecule has 0 amide bonds. The molecule has 1 saturated heterocycles. The minimum Gasteiger partial charge on any atom is -0.353 e. The van der Waals surface area contributed by atoms with Gasteiger partial charge >= 0.3 is 0 Å². The number of hydrazine groups is 1. The maximum Gasteiger partial charge on any atom is 0.206 e. The summed E-state index contributed by atoms with van der Waals surface area (Å²) in [6.07, 6.45) is 5.14. The molecule has 5 heteroatoms. The number of likely N-dealkylation sites (tertiary alicyclic amines) is 1. The average molecular weight is 225 g/mol. The van der Waals surface area contributed by atoms with Crippen LogP contribution in [0.5, 0.6) is 0 Å². The predicted molar refractivity (Wildman–Crippen MR) is 66.1 cm³/mol. The van der Waals surface area contributed by atoms with E-state index >= 15 is 0 Å². The number of nitrogens with one attached hydrogen (secondary N) is 2. The van der Waals surface area contributed by atoms with Crippen molar-refractivity contribution in [1.82, 2.24) is 15.6 Å². The zero-order chi connectivity index (χ0) is 11.4. The van der Waals surface area contributed by atoms with Crippen LogP contribution in [0.4, 0.5) is 0 Å². The molecule has 92 valence electrons. The molecule has 2 aliphatic rings. The van der Waals surface area contributed by atoms with E-state index in [1.54, 1.807) is 0 Å². The summed E-state index contributed by atoms with van der Waals surface area (Å²) in [4.78, 5) is 6.99. The molecule has 2 rings (SSSR count). The van der Waals surface area contributed by atoms with E-state index in [9.17, 15) is 0 Å². The highest BCUT2D eigenvalue weighted by Crippen LogP contribution is 2.18. The fourth-order valence-corrected chi connectivity index (χ4v) is 2.08. The van der Waals surface area contributed by atoms with Gasteiger partial charge in [-0.05, 0) is 45.7 Å². The number of hydrogen-bond donors (Lipinski definition) is 3.